The molecule has 0 amide bonds. The fourth-order valence-corrected chi connectivity index (χ4v) is 3.91. The normalized spacial score (nSPS) is 12.8. The van der Waals surface area contributed by atoms with Crippen LogP contribution in [0.3, 0.4) is 0 Å². The molecule has 0 heterocycles. The Morgan fingerprint density at radius 2 is 1.78 bits per heavy atom. The van der Waals surface area contributed by atoms with Gasteiger partial charge < -0.3 is 0 Å². The van der Waals surface area contributed by atoms with Gasteiger partial charge in [0.05, 0.1) is 4.92 Å². The van der Waals surface area contributed by atoms with Gasteiger partial charge >= 0.3 is 0 Å². The number of hydrogen-bond acceptors (Lipinski definition) is 4. The summed E-state index contributed by atoms with van der Waals surface area (Å²) in [6, 6.07) is 12.1. The highest BCUT2D eigenvalue weighted by atomic mass is 79.9. The van der Waals surface area contributed by atoms with E-state index in [1.165, 1.54) is 24.3 Å². The Kier molecular flexibility index (Phi) is 5.51. The summed E-state index contributed by atoms with van der Waals surface area (Å²) in [5.41, 5.74) is 0.350. The third-order valence-electron chi connectivity index (χ3n) is 3.33. The van der Waals surface area contributed by atoms with Crippen LogP contribution in [-0.4, -0.2) is 13.3 Å². The molecule has 0 aromatic heterocycles. The maximum Gasteiger partial charge on any atom is 0.289 e. The second-order valence-corrected chi connectivity index (χ2v) is 7.46. The van der Waals surface area contributed by atoms with Crippen LogP contribution in [0.25, 0.3) is 0 Å². The molecule has 1 atom stereocenters. The van der Waals surface area contributed by atoms with Gasteiger partial charge in [0.1, 0.15) is 0 Å². The number of benzene rings is 2. The molecule has 6 nitrogen and oxygen atoms in total. The smallest absolute Gasteiger partial charge is 0.258 e. The number of nitrogens with zero attached hydrogens (tertiary/aromatic N) is 1. The van der Waals surface area contributed by atoms with E-state index in [-0.39, 0.29) is 4.90 Å². The van der Waals surface area contributed by atoms with Crippen LogP contribution in [0.1, 0.15) is 24.9 Å². The Labute approximate surface area is 142 Å². The molecule has 0 radical (unpaired) electrons. The van der Waals surface area contributed by atoms with E-state index < -0.39 is 26.7 Å². The van der Waals surface area contributed by atoms with Crippen molar-refractivity contribution in [3.05, 3.63) is 68.7 Å². The molecule has 122 valence electrons. The Morgan fingerprint density at radius 1 is 1.17 bits per heavy atom. The van der Waals surface area contributed by atoms with E-state index in [2.05, 4.69) is 20.7 Å². The minimum atomic E-state index is -4.01. The van der Waals surface area contributed by atoms with Crippen LogP contribution < -0.4 is 4.72 Å². The van der Waals surface area contributed by atoms with Gasteiger partial charge in [-0.2, -0.15) is 0 Å². The van der Waals surface area contributed by atoms with Gasteiger partial charge in [0, 0.05) is 16.6 Å². The lowest BCUT2D eigenvalue weighted by Crippen LogP contribution is -2.28. The summed E-state index contributed by atoms with van der Waals surface area (Å²) in [5.74, 6) is 0. The van der Waals surface area contributed by atoms with Crippen LogP contribution in [0.4, 0.5) is 5.69 Å². The molecule has 0 saturated carbocycles. The molecular weight excluding hydrogens is 384 g/mol. The molecule has 2 aromatic rings. The van der Waals surface area contributed by atoms with Gasteiger partial charge in [-0.05, 0) is 30.2 Å². The van der Waals surface area contributed by atoms with Crippen molar-refractivity contribution in [2.24, 2.45) is 0 Å². The number of para-hydroxylation sites is 1. The van der Waals surface area contributed by atoms with Crippen LogP contribution in [-0.2, 0) is 10.0 Å². The number of nitrogens with one attached hydrogen (secondary N) is 1. The first kappa shape index (κ1) is 17.6. The highest BCUT2D eigenvalue weighted by Crippen LogP contribution is 2.26. The van der Waals surface area contributed by atoms with Gasteiger partial charge in [0.25, 0.3) is 5.69 Å². The van der Waals surface area contributed by atoms with Crippen LogP contribution in [0.5, 0.6) is 0 Å². The number of rotatable bonds is 6. The van der Waals surface area contributed by atoms with E-state index in [4.69, 9.17) is 0 Å². The SMILES string of the molecule is CCC(NS(=O)(=O)c1ccccc1[N+](=O)[O-])c1ccc(Br)cc1. The highest BCUT2D eigenvalue weighted by molar-refractivity contribution is 9.10. The first-order valence-corrected chi connectivity index (χ1v) is 9.14. The van der Waals surface area contributed by atoms with Crippen molar-refractivity contribution in [1.82, 2.24) is 4.72 Å². The molecule has 0 aliphatic heterocycles. The number of hydrogen-bond donors (Lipinski definition) is 1. The van der Waals surface area contributed by atoms with Crippen molar-refractivity contribution in [3.8, 4) is 0 Å². The monoisotopic (exact) mass is 398 g/mol. The summed E-state index contributed by atoms with van der Waals surface area (Å²) in [6.07, 6.45) is 0.515. The maximum atomic E-state index is 12.5. The van der Waals surface area contributed by atoms with Crippen molar-refractivity contribution < 1.29 is 13.3 Å². The zero-order valence-corrected chi connectivity index (χ0v) is 14.7. The Bertz CT molecular complexity index is 806. The van der Waals surface area contributed by atoms with Crippen molar-refractivity contribution >= 4 is 31.6 Å². The van der Waals surface area contributed by atoms with E-state index >= 15 is 0 Å². The topological polar surface area (TPSA) is 89.3 Å². The minimum absolute atomic E-state index is 0.333. The predicted octanol–water partition coefficient (Wildman–Crippen LogP) is 3.79. The summed E-state index contributed by atoms with van der Waals surface area (Å²) in [5, 5.41) is 11.0. The molecule has 1 unspecified atom stereocenters. The van der Waals surface area contributed by atoms with E-state index in [9.17, 15) is 18.5 Å². The highest BCUT2D eigenvalue weighted by Gasteiger charge is 2.27. The number of sulfonamides is 1. The molecule has 1 N–H and O–H groups in total. The van der Waals surface area contributed by atoms with E-state index in [1.54, 1.807) is 12.1 Å². The molecule has 0 aliphatic rings. The van der Waals surface area contributed by atoms with Crippen LogP contribution in [0, 0.1) is 10.1 Å². The largest absolute Gasteiger partial charge is 0.289 e. The molecule has 0 spiro atoms. The van der Waals surface area contributed by atoms with Gasteiger partial charge in [-0.25, -0.2) is 13.1 Å². The molecule has 0 bridgehead atoms. The minimum Gasteiger partial charge on any atom is -0.258 e. The van der Waals surface area contributed by atoms with Crippen molar-refractivity contribution in [3.63, 3.8) is 0 Å². The lowest BCUT2D eigenvalue weighted by atomic mass is 10.1. The molecule has 2 aromatic carbocycles. The summed E-state index contributed by atoms with van der Waals surface area (Å²) < 4.78 is 28.5. The number of nitro groups is 1. The van der Waals surface area contributed by atoms with Gasteiger partial charge in [0.15, 0.2) is 4.90 Å². The molecule has 0 saturated heterocycles. The molecular formula is C15H15BrN2O4S. The molecule has 23 heavy (non-hydrogen) atoms. The third kappa shape index (κ3) is 4.15. The molecule has 8 heteroatoms. The maximum absolute atomic E-state index is 12.5. The van der Waals surface area contributed by atoms with Crippen molar-refractivity contribution in [2.45, 2.75) is 24.3 Å². The van der Waals surface area contributed by atoms with Crippen molar-refractivity contribution in [2.75, 3.05) is 0 Å². The third-order valence-corrected chi connectivity index (χ3v) is 5.38. The van der Waals surface area contributed by atoms with Gasteiger partial charge in [-0.1, -0.05) is 47.1 Å². The first-order valence-electron chi connectivity index (χ1n) is 6.86. The van der Waals surface area contributed by atoms with Gasteiger partial charge in [-0.15, -0.1) is 0 Å². The average molecular weight is 399 g/mol. The number of halogens is 1. The summed E-state index contributed by atoms with van der Waals surface area (Å²) in [6.45, 7) is 1.84. The molecule has 0 aliphatic carbocycles. The van der Waals surface area contributed by atoms with Gasteiger partial charge in [0.2, 0.25) is 10.0 Å². The molecule has 2 rings (SSSR count). The quantitative estimate of drug-likeness (QED) is 0.591. The van der Waals surface area contributed by atoms with Crippen LogP contribution >= 0.6 is 15.9 Å². The van der Waals surface area contributed by atoms with Crippen LogP contribution in [0.15, 0.2) is 57.9 Å². The number of nitro benzene ring substituents is 1. The zero-order valence-electron chi connectivity index (χ0n) is 12.3. The first-order chi connectivity index (χ1) is 10.8. The standard InChI is InChI=1S/C15H15BrN2O4S/c1-2-13(11-7-9-12(16)10-8-11)17-23(21,22)15-6-4-3-5-14(15)18(19)20/h3-10,13,17H,2H2,1H3. The average Bonchev–Trinajstić information content (AvgIpc) is 2.53. The zero-order chi connectivity index (χ0) is 17.0. The fourth-order valence-electron chi connectivity index (χ4n) is 2.17. The van der Waals surface area contributed by atoms with E-state index in [0.717, 1.165) is 10.0 Å². The Morgan fingerprint density at radius 3 is 2.35 bits per heavy atom. The summed E-state index contributed by atoms with van der Waals surface area (Å²) in [4.78, 5) is 10.0. The van der Waals surface area contributed by atoms with E-state index in [1.807, 2.05) is 19.1 Å². The fraction of sp³-hybridized carbons (Fsp3) is 0.200. The second-order valence-electron chi connectivity index (χ2n) is 4.86. The lowest BCUT2D eigenvalue weighted by Gasteiger charge is -2.17. The lowest BCUT2D eigenvalue weighted by molar-refractivity contribution is -0.387. The van der Waals surface area contributed by atoms with E-state index in [0.29, 0.717) is 6.42 Å². The van der Waals surface area contributed by atoms with Crippen LogP contribution in [0.2, 0.25) is 0 Å². The second kappa shape index (κ2) is 7.20. The predicted molar refractivity (Wildman–Crippen MR) is 90.6 cm³/mol. The summed E-state index contributed by atoms with van der Waals surface area (Å²) in [7, 11) is -4.01. The Hall–Kier alpha value is -1.77. The summed E-state index contributed by atoms with van der Waals surface area (Å²) >= 11 is 3.33. The molecule has 0 fully saturated rings. The van der Waals surface area contributed by atoms with Gasteiger partial charge in [-0.3, -0.25) is 10.1 Å². The van der Waals surface area contributed by atoms with Crippen molar-refractivity contribution in [1.29, 1.82) is 0 Å². The Balaban J connectivity index is 2.36.